The number of aryl methyl sites for hydroxylation is 1. The fraction of sp³-hybridized carbons (Fsp3) is 0.176. The van der Waals surface area contributed by atoms with Gasteiger partial charge in [0.25, 0.3) is 5.56 Å². The van der Waals surface area contributed by atoms with Gasteiger partial charge in [-0.1, -0.05) is 18.2 Å². The van der Waals surface area contributed by atoms with Crippen molar-refractivity contribution in [3.05, 3.63) is 65.1 Å². The standard InChI is InChI=1S/C17H14N4O2/c1-20-9-7-19-16(20)14(10-18)15(22)11-21-8-6-12-4-2-3-5-13(12)17(21)23/h2-9,14H,11H2,1H3. The predicted molar refractivity (Wildman–Crippen MR) is 84.8 cm³/mol. The van der Waals surface area contributed by atoms with Gasteiger partial charge in [-0.15, -0.1) is 0 Å². The highest BCUT2D eigenvalue weighted by molar-refractivity contribution is 5.88. The lowest BCUT2D eigenvalue weighted by atomic mass is 10.0. The van der Waals surface area contributed by atoms with Crippen molar-refractivity contribution in [3.8, 4) is 6.07 Å². The van der Waals surface area contributed by atoms with Crippen LogP contribution in [0.25, 0.3) is 10.8 Å². The van der Waals surface area contributed by atoms with E-state index in [-0.39, 0.29) is 17.9 Å². The zero-order valence-electron chi connectivity index (χ0n) is 12.5. The number of imidazole rings is 1. The van der Waals surface area contributed by atoms with Gasteiger partial charge in [0.1, 0.15) is 5.82 Å². The van der Waals surface area contributed by atoms with Gasteiger partial charge in [0.05, 0.1) is 12.6 Å². The van der Waals surface area contributed by atoms with Crippen LogP contribution < -0.4 is 5.56 Å². The lowest BCUT2D eigenvalue weighted by Crippen LogP contribution is -2.27. The monoisotopic (exact) mass is 306 g/mol. The number of hydrogen-bond donors (Lipinski definition) is 0. The number of benzene rings is 1. The molecule has 1 atom stereocenters. The number of fused-ring (bicyclic) bond motifs is 1. The van der Waals surface area contributed by atoms with Crippen LogP contribution in [0.15, 0.2) is 53.7 Å². The summed E-state index contributed by atoms with van der Waals surface area (Å²) >= 11 is 0. The van der Waals surface area contributed by atoms with Gasteiger partial charge in [0.2, 0.25) is 0 Å². The largest absolute Gasteiger partial charge is 0.337 e. The molecule has 0 bridgehead atoms. The number of carbonyl (C=O) groups excluding carboxylic acids is 1. The quantitative estimate of drug-likeness (QED) is 0.733. The number of Topliss-reactive ketones (excluding diaryl/α,β-unsaturated/α-hetero) is 1. The molecule has 114 valence electrons. The molecular weight excluding hydrogens is 292 g/mol. The van der Waals surface area contributed by atoms with E-state index in [4.69, 9.17) is 0 Å². The third-order valence-corrected chi connectivity index (χ3v) is 3.78. The number of nitriles is 1. The molecule has 0 saturated carbocycles. The minimum Gasteiger partial charge on any atom is -0.337 e. The Morgan fingerprint density at radius 2 is 2.09 bits per heavy atom. The van der Waals surface area contributed by atoms with Gasteiger partial charge in [0, 0.05) is 31.0 Å². The van der Waals surface area contributed by atoms with E-state index in [0.717, 1.165) is 5.39 Å². The zero-order valence-corrected chi connectivity index (χ0v) is 12.5. The molecule has 0 aliphatic rings. The van der Waals surface area contributed by atoms with E-state index >= 15 is 0 Å². The van der Waals surface area contributed by atoms with E-state index in [1.807, 2.05) is 18.2 Å². The van der Waals surface area contributed by atoms with Gasteiger partial charge in [-0.25, -0.2) is 4.98 Å². The van der Waals surface area contributed by atoms with Crippen LogP contribution in [0.3, 0.4) is 0 Å². The van der Waals surface area contributed by atoms with Crippen LogP contribution in [0.4, 0.5) is 0 Å². The first kappa shape index (κ1) is 14.7. The van der Waals surface area contributed by atoms with Gasteiger partial charge in [0.15, 0.2) is 11.7 Å². The van der Waals surface area contributed by atoms with Crippen molar-refractivity contribution in [1.29, 1.82) is 5.26 Å². The molecule has 1 unspecified atom stereocenters. The minimum atomic E-state index is -0.992. The van der Waals surface area contributed by atoms with Crippen molar-refractivity contribution in [3.63, 3.8) is 0 Å². The summed E-state index contributed by atoms with van der Waals surface area (Å²) in [6.45, 7) is -0.158. The van der Waals surface area contributed by atoms with Gasteiger partial charge in [-0.05, 0) is 17.5 Å². The van der Waals surface area contributed by atoms with E-state index in [0.29, 0.717) is 11.2 Å². The van der Waals surface area contributed by atoms with Crippen LogP contribution in [0.2, 0.25) is 0 Å². The molecule has 2 aromatic heterocycles. The lowest BCUT2D eigenvalue weighted by Gasteiger charge is -2.10. The molecule has 0 amide bonds. The van der Waals surface area contributed by atoms with E-state index in [2.05, 4.69) is 4.98 Å². The van der Waals surface area contributed by atoms with Crippen molar-refractivity contribution in [2.45, 2.75) is 12.5 Å². The molecule has 0 fully saturated rings. The second-order valence-corrected chi connectivity index (χ2v) is 5.26. The summed E-state index contributed by atoms with van der Waals surface area (Å²) in [5, 5.41) is 10.7. The Balaban J connectivity index is 1.94. The summed E-state index contributed by atoms with van der Waals surface area (Å²) in [5.74, 6) is -0.973. The second kappa shape index (κ2) is 5.89. The van der Waals surface area contributed by atoms with Crippen LogP contribution in [0, 0.1) is 11.3 Å². The maximum atomic E-state index is 12.4. The first-order chi connectivity index (χ1) is 11.1. The number of nitrogens with zero attached hydrogens (tertiary/aromatic N) is 4. The number of aromatic nitrogens is 3. The SMILES string of the molecule is Cn1ccnc1C(C#N)C(=O)Cn1ccc2ccccc2c1=O. The average Bonchev–Trinajstić information content (AvgIpc) is 2.97. The summed E-state index contributed by atoms with van der Waals surface area (Å²) in [5.41, 5.74) is -0.243. The Kier molecular flexibility index (Phi) is 3.77. The average molecular weight is 306 g/mol. The molecule has 3 rings (SSSR count). The molecule has 0 saturated heterocycles. The normalized spacial score (nSPS) is 12.0. The lowest BCUT2D eigenvalue weighted by molar-refractivity contribution is -0.120. The first-order valence-corrected chi connectivity index (χ1v) is 7.09. The Bertz CT molecular complexity index is 978. The number of pyridine rings is 1. The Labute approximate surface area is 132 Å². The molecule has 0 aliphatic heterocycles. The van der Waals surface area contributed by atoms with Crippen molar-refractivity contribution in [1.82, 2.24) is 14.1 Å². The molecule has 2 heterocycles. The number of rotatable bonds is 4. The number of ketones is 1. The highest BCUT2D eigenvalue weighted by Crippen LogP contribution is 2.15. The number of hydrogen-bond acceptors (Lipinski definition) is 4. The first-order valence-electron chi connectivity index (χ1n) is 7.09. The highest BCUT2D eigenvalue weighted by Gasteiger charge is 2.24. The molecule has 3 aromatic rings. The summed E-state index contributed by atoms with van der Waals surface area (Å²) < 4.78 is 2.97. The Hall–Kier alpha value is -3.20. The summed E-state index contributed by atoms with van der Waals surface area (Å²) in [7, 11) is 1.72. The second-order valence-electron chi connectivity index (χ2n) is 5.26. The molecule has 6 heteroatoms. The third kappa shape index (κ3) is 2.64. The van der Waals surface area contributed by atoms with Crippen molar-refractivity contribution < 1.29 is 4.79 Å². The predicted octanol–water partition coefficient (Wildman–Crippen LogP) is 1.61. The van der Waals surface area contributed by atoms with Crippen molar-refractivity contribution >= 4 is 16.6 Å². The topological polar surface area (TPSA) is 80.7 Å². The smallest absolute Gasteiger partial charge is 0.258 e. The van der Waals surface area contributed by atoms with Crippen molar-refractivity contribution in [2.24, 2.45) is 7.05 Å². The molecular formula is C17H14N4O2. The van der Waals surface area contributed by atoms with E-state index in [9.17, 15) is 14.9 Å². The summed E-state index contributed by atoms with van der Waals surface area (Å²) in [6.07, 6.45) is 4.79. The maximum Gasteiger partial charge on any atom is 0.258 e. The minimum absolute atomic E-state index is 0.158. The fourth-order valence-corrected chi connectivity index (χ4v) is 2.54. The third-order valence-electron chi connectivity index (χ3n) is 3.78. The van der Waals surface area contributed by atoms with Gasteiger partial charge in [-0.3, -0.25) is 9.59 Å². The van der Waals surface area contributed by atoms with E-state index < -0.39 is 5.92 Å². The van der Waals surface area contributed by atoms with Crippen LogP contribution in [0.5, 0.6) is 0 Å². The highest BCUT2D eigenvalue weighted by atomic mass is 16.1. The molecule has 1 aromatic carbocycles. The summed E-state index contributed by atoms with van der Waals surface area (Å²) in [6, 6.07) is 11.0. The van der Waals surface area contributed by atoms with Gasteiger partial charge >= 0.3 is 0 Å². The number of carbonyl (C=O) groups is 1. The van der Waals surface area contributed by atoms with E-state index in [1.54, 1.807) is 42.2 Å². The van der Waals surface area contributed by atoms with Crippen molar-refractivity contribution in [2.75, 3.05) is 0 Å². The molecule has 23 heavy (non-hydrogen) atoms. The molecule has 0 aliphatic carbocycles. The molecule has 0 radical (unpaired) electrons. The zero-order chi connectivity index (χ0) is 16.4. The van der Waals surface area contributed by atoms with Crippen LogP contribution in [0.1, 0.15) is 11.7 Å². The fourth-order valence-electron chi connectivity index (χ4n) is 2.54. The maximum absolute atomic E-state index is 12.4. The molecule has 0 N–H and O–H groups in total. The van der Waals surface area contributed by atoms with Crippen LogP contribution in [-0.2, 0) is 18.4 Å². The molecule has 0 spiro atoms. The Morgan fingerprint density at radius 1 is 1.30 bits per heavy atom. The van der Waals surface area contributed by atoms with Gasteiger partial charge in [-0.2, -0.15) is 5.26 Å². The van der Waals surface area contributed by atoms with Crippen LogP contribution in [-0.4, -0.2) is 19.9 Å². The summed E-state index contributed by atoms with van der Waals surface area (Å²) in [4.78, 5) is 28.9. The van der Waals surface area contributed by atoms with Crippen LogP contribution >= 0.6 is 0 Å². The van der Waals surface area contributed by atoms with Gasteiger partial charge < -0.3 is 9.13 Å². The molecule has 6 nitrogen and oxygen atoms in total. The Morgan fingerprint density at radius 3 is 2.78 bits per heavy atom. The van der Waals surface area contributed by atoms with E-state index in [1.165, 1.54) is 10.8 Å².